The summed E-state index contributed by atoms with van der Waals surface area (Å²) in [5, 5.41) is 10.1. The summed E-state index contributed by atoms with van der Waals surface area (Å²) >= 11 is 11.8. The van der Waals surface area contributed by atoms with E-state index in [0.29, 0.717) is 12.8 Å². The molecule has 0 aromatic heterocycles. The van der Waals surface area contributed by atoms with Gasteiger partial charge in [-0.25, -0.2) is 8.42 Å². The van der Waals surface area contributed by atoms with E-state index in [2.05, 4.69) is 0 Å². The number of sulfonamides is 1. The predicted molar refractivity (Wildman–Crippen MR) is 100 cm³/mol. The van der Waals surface area contributed by atoms with Crippen LogP contribution in [-0.4, -0.2) is 30.2 Å². The van der Waals surface area contributed by atoms with Crippen molar-refractivity contribution in [3.05, 3.63) is 57.1 Å². The highest BCUT2D eigenvalue weighted by atomic mass is 35.5. The molecule has 8 heteroatoms. The quantitative estimate of drug-likeness (QED) is 0.830. The first-order chi connectivity index (χ1) is 12.2. The van der Waals surface area contributed by atoms with Gasteiger partial charge in [-0.3, -0.25) is 4.79 Å². The number of carbonyl (C=O) groups is 1. The number of carbonyl (C=O) groups excluding carboxylic acids is 1. The van der Waals surface area contributed by atoms with Crippen LogP contribution in [0.25, 0.3) is 0 Å². The molecule has 1 aliphatic heterocycles. The fraction of sp³-hybridized carbons (Fsp3) is 0.278. The first-order valence-corrected chi connectivity index (χ1v) is 10.2. The number of fused-ring (bicyclic) bond motifs is 1. The van der Waals surface area contributed by atoms with E-state index < -0.39 is 15.8 Å². The maximum atomic E-state index is 13.0. The molecule has 0 atom stereocenters. The fourth-order valence-corrected chi connectivity index (χ4v) is 5.23. The number of halogens is 2. The van der Waals surface area contributed by atoms with Gasteiger partial charge in [0, 0.05) is 24.5 Å². The second-order valence-corrected chi connectivity index (χ2v) is 9.05. The van der Waals surface area contributed by atoms with Gasteiger partial charge in [-0.15, -0.1) is 0 Å². The second kappa shape index (κ2) is 7.19. The average Bonchev–Trinajstić information content (AvgIpc) is 2.56. The van der Waals surface area contributed by atoms with E-state index in [9.17, 15) is 18.3 Å². The molecule has 138 valence electrons. The van der Waals surface area contributed by atoms with Gasteiger partial charge in [0.15, 0.2) is 5.75 Å². The first-order valence-electron chi connectivity index (χ1n) is 7.97. The summed E-state index contributed by atoms with van der Waals surface area (Å²) in [4.78, 5) is 11.0. The third kappa shape index (κ3) is 3.74. The highest BCUT2D eigenvalue weighted by Gasteiger charge is 2.31. The molecule has 0 spiro atoms. The number of phenols is 1. The van der Waals surface area contributed by atoms with Gasteiger partial charge in [-0.1, -0.05) is 41.4 Å². The van der Waals surface area contributed by atoms with E-state index in [1.165, 1.54) is 23.4 Å². The standard InChI is InChI=1S/C18H17Cl2NO4S/c1-11(22)6-12-2-3-13-4-5-21(10-14(13)7-12)26(24,25)17-9-15(19)8-16(20)18(17)23/h2-3,7-9,23H,4-6,10H2,1H3. The zero-order valence-electron chi connectivity index (χ0n) is 14.0. The van der Waals surface area contributed by atoms with Gasteiger partial charge in [0.05, 0.1) is 5.02 Å². The topological polar surface area (TPSA) is 74.7 Å². The normalized spacial score (nSPS) is 14.9. The minimum atomic E-state index is -3.97. The van der Waals surface area contributed by atoms with Crippen molar-refractivity contribution < 1.29 is 18.3 Å². The maximum absolute atomic E-state index is 13.0. The van der Waals surface area contributed by atoms with Crippen LogP contribution in [0.3, 0.4) is 0 Å². The molecule has 5 nitrogen and oxygen atoms in total. The van der Waals surface area contributed by atoms with Crippen molar-refractivity contribution in [3.63, 3.8) is 0 Å². The summed E-state index contributed by atoms with van der Waals surface area (Å²) in [6.07, 6.45) is 0.856. The molecule has 0 saturated heterocycles. The van der Waals surface area contributed by atoms with Crippen LogP contribution in [0.4, 0.5) is 0 Å². The van der Waals surface area contributed by atoms with Crippen molar-refractivity contribution in [2.24, 2.45) is 0 Å². The molecular weight excluding hydrogens is 397 g/mol. The van der Waals surface area contributed by atoms with Gasteiger partial charge in [0.1, 0.15) is 10.7 Å². The minimum Gasteiger partial charge on any atom is -0.505 e. The Morgan fingerprint density at radius 2 is 1.92 bits per heavy atom. The van der Waals surface area contributed by atoms with Crippen molar-refractivity contribution in [3.8, 4) is 5.75 Å². The molecule has 0 amide bonds. The number of hydrogen-bond donors (Lipinski definition) is 1. The molecule has 0 saturated carbocycles. The van der Waals surface area contributed by atoms with Crippen molar-refractivity contribution in [2.75, 3.05) is 6.54 Å². The molecular formula is C18H17Cl2NO4S. The number of aromatic hydroxyl groups is 1. The van der Waals surface area contributed by atoms with E-state index in [1.54, 1.807) is 0 Å². The van der Waals surface area contributed by atoms with Gasteiger partial charge in [-0.05, 0) is 42.2 Å². The summed E-state index contributed by atoms with van der Waals surface area (Å²) in [7, 11) is -3.97. The summed E-state index contributed by atoms with van der Waals surface area (Å²) in [5.41, 5.74) is 2.76. The lowest BCUT2D eigenvalue weighted by atomic mass is 9.97. The fourth-order valence-electron chi connectivity index (χ4n) is 3.07. The van der Waals surface area contributed by atoms with E-state index in [1.807, 2.05) is 18.2 Å². The number of phenolic OH excluding ortho intramolecular Hbond substituents is 1. The smallest absolute Gasteiger partial charge is 0.247 e. The number of rotatable bonds is 4. The molecule has 3 rings (SSSR count). The minimum absolute atomic E-state index is 0.0451. The molecule has 1 N–H and O–H groups in total. The number of benzene rings is 2. The van der Waals surface area contributed by atoms with Gasteiger partial charge in [0.25, 0.3) is 0 Å². The van der Waals surface area contributed by atoms with Crippen LogP contribution in [0.15, 0.2) is 35.2 Å². The molecule has 0 unspecified atom stereocenters. The Morgan fingerprint density at radius 1 is 1.19 bits per heavy atom. The predicted octanol–water partition coefficient (Wildman–Crippen LogP) is 3.58. The molecule has 26 heavy (non-hydrogen) atoms. The molecule has 1 aliphatic rings. The summed E-state index contributed by atoms with van der Waals surface area (Å²) in [6, 6.07) is 8.18. The van der Waals surface area contributed by atoms with Crippen LogP contribution in [0, 0.1) is 0 Å². The number of ketones is 1. The maximum Gasteiger partial charge on any atom is 0.247 e. The van der Waals surface area contributed by atoms with Gasteiger partial charge >= 0.3 is 0 Å². The number of nitrogens with zero attached hydrogens (tertiary/aromatic N) is 1. The molecule has 0 aliphatic carbocycles. The van der Waals surface area contributed by atoms with Gasteiger partial charge < -0.3 is 5.11 Å². The molecule has 0 radical (unpaired) electrons. The lowest BCUT2D eigenvalue weighted by Crippen LogP contribution is -2.36. The number of Topliss-reactive ketones (excluding diaryl/α,β-unsaturated/α-hetero) is 1. The van der Waals surface area contributed by atoms with E-state index >= 15 is 0 Å². The molecule has 0 fully saturated rings. The van der Waals surface area contributed by atoms with E-state index in [-0.39, 0.29) is 33.8 Å². The molecule has 0 bridgehead atoms. The Bertz CT molecular complexity index is 989. The van der Waals surface area contributed by atoms with Crippen molar-refractivity contribution >= 4 is 39.0 Å². The lowest BCUT2D eigenvalue weighted by Gasteiger charge is -2.29. The van der Waals surface area contributed by atoms with Crippen molar-refractivity contribution in [2.45, 2.75) is 31.2 Å². The number of hydrogen-bond acceptors (Lipinski definition) is 4. The van der Waals surface area contributed by atoms with E-state index in [4.69, 9.17) is 23.2 Å². The third-order valence-electron chi connectivity index (χ3n) is 4.31. The molecule has 2 aromatic rings. The molecule has 2 aromatic carbocycles. The average molecular weight is 414 g/mol. The lowest BCUT2D eigenvalue weighted by molar-refractivity contribution is -0.116. The van der Waals surface area contributed by atoms with Gasteiger partial charge in [0.2, 0.25) is 10.0 Å². The van der Waals surface area contributed by atoms with Crippen LogP contribution in [0.1, 0.15) is 23.6 Å². The molecule has 1 heterocycles. The Balaban J connectivity index is 1.96. The van der Waals surface area contributed by atoms with Gasteiger partial charge in [-0.2, -0.15) is 4.31 Å². The highest BCUT2D eigenvalue weighted by molar-refractivity contribution is 7.89. The van der Waals surface area contributed by atoms with Crippen LogP contribution >= 0.6 is 23.2 Å². The Labute approximate surface area is 162 Å². The van der Waals surface area contributed by atoms with Crippen LogP contribution < -0.4 is 0 Å². The second-order valence-electron chi connectivity index (χ2n) is 6.30. The van der Waals surface area contributed by atoms with Crippen molar-refractivity contribution in [1.29, 1.82) is 0 Å². The van der Waals surface area contributed by atoms with Crippen LogP contribution in [-0.2, 0) is 34.2 Å². The highest BCUT2D eigenvalue weighted by Crippen LogP contribution is 2.37. The monoisotopic (exact) mass is 413 g/mol. The van der Waals surface area contributed by atoms with Crippen molar-refractivity contribution in [1.82, 2.24) is 4.31 Å². The summed E-state index contributed by atoms with van der Waals surface area (Å²) in [6.45, 7) is 1.96. The summed E-state index contributed by atoms with van der Waals surface area (Å²) in [5.74, 6) is -0.462. The Hall–Kier alpha value is -1.60. The van der Waals surface area contributed by atoms with Crippen LogP contribution in [0.2, 0.25) is 10.0 Å². The Kier molecular flexibility index (Phi) is 5.30. The zero-order valence-corrected chi connectivity index (χ0v) is 16.3. The Morgan fingerprint density at radius 3 is 2.62 bits per heavy atom. The van der Waals surface area contributed by atoms with Crippen LogP contribution in [0.5, 0.6) is 5.75 Å². The third-order valence-corrected chi connectivity index (χ3v) is 6.68. The summed E-state index contributed by atoms with van der Waals surface area (Å²) < 4.78 is 27.2. The van der Waals surface area contributed by atoms with E-state index in [0.717, 1.165) is 16.7 Å². The largest absolute Gasteiger partial charge is 0.505 e. The SMILES string of the molecule is CC(=O)Cc1ccc2c(c1)CN(S(=O)(=O)c1cc(Cl)cc(Cl)c1O)CC2. The zero-order chi connectivity index (χ0) is 19.1. The first kappa shape index (κ1) is 19.2.